The van der Waals surface area contributed by atoms with Gasteiger partial charge in [0, 0.05) is 37.4 Å². The van der Waals surface area contributed by atoms with Gasteiger partial charge in [-0.3, -0.25) is 9.59 Å². The average molecular weight is 380 g/mol. The molecule has 1 N–H and O–H groups in total. The van der Waals surface area contributed by atoms with Gasteiger partial charge in [-0.25, -0.2) is 0 Å². The summed E-state index contributed by atoms with van der Waals surface area (Å²) in [6, 6.07) is 0. The molecule has 7 nitrogen and oxygen atoms in total. The van der Waals surface area contributed by atoms with Crippen molar-refractivity contribution in [3.8, 4) is 0 Å². The summed E-state index contributed by atoms with van der Waals surface area (Å²) in [7, 11) is 0. The highest BCUT2D eigenvalue weighted by Crippen LogP contribution is 2.73. The van der Waals surface area contributed by atoms with Crippen molar-refractivity contribution in [2.75, 3.05) is 19.8 Å². The number of fused-ring (bicyclic) bond motifs is 4. The van der Waals surface area contributed by atoms with E-state index in [-0.39, 0.29) is 48.0 Å². The number of esters is 2. The smallest absolute Gasteiger partial charge is 0.305 e. The Morgan fingerprint density at radius 3 is 2.59 bits per heavy atom. The molecule has 7 heteroatoms. The van der Waals surface area contributed by atoms with Crippen LogP contribution in [0.2, 0.25) is 0 Å². The minimum absolute atomic E-state index is 0.00968. The van der Waals surface area contributed by atoms with Crippen LogP contribution < -0.4 is 0 Å². The largest absolute Gasteiger partial charge is 0.462 e. The molecular weight excluding hydrogens is 352 g/mol. The van der Waals surface area contributed by atoms with Gasteiger partial charge in [0.1, 0.15) is 12.2 Å². The Kier molecular flexibility index (Phi) is 4.50. The van der Waals surface area contributed by atoms with E-state index in [1.807, 2.05) is 0 Å². The molecule has 4 aliphatic rings. The highest BCUT2D eigenvalue weighted by molar-refractivity contribution is 5.66. The maximum atomic E-state index is 11.7. The molecule has 2 aliphatic carbocycles. The number of hydrogen-bond acceptors (Lipinski definition) is 7. The van der Waals surface area contributed by atoms with E-state index in [1.165, 1.54) is 13.8 Å². The molecule has 27 heavy (non-hydrogen) atoms. The van der Waals surface area contributed by atoms with Crippen LogP contribution >= 0.6 is 0 Å². The standard InChI is InChI=1S/C20H28O7/c1-4-19(9-21)14-5-6-20(10-26-20)17-15(16(14)19)13(7-24-11(2)22)8-25-18(17)27-12(3)23/h8,14-18,21H,4-7,9-10H2,1-3H3/t14-,15+,16-,17-,18+,19+,20+/m0/s1. The van der Waals surface area contributed by atoms with Gasteiger partial charge in [0.05, 0.1) is 18.8 Å². The highest BCUT2D eigenvalue weighted by Gasteiger charge is 2.74. The minimum atomic E-state index is -0.719. The lowest BCUT2D eigenvalue weighted by atomic mass is 9.71. The molecule has 2 aliphatic heterocycles. The second-order valence-corrected chi connectivity index (χ2v) is 8.41. The second kappa shape index (κ2) is 6.48. The molecule has 1 saturated heterocycles. The van der Waals surface area contributed by atoms with E-state index in [9.17, 15) is 14.7 Å². The number of carbonyl (C=O) groups excluding carboxylic acids is 2. The van der Waals surface area contributed by atoms with Gasteiger partial charge in [0.15, 0.2) is 0 Å². The summed E-state index contributed by atoms with van der Waals surface area (Å²) >= 11 is 0. The van der Waals surface area contributed by atoms with Crippen LogP contribution in [0.25, 0.3) is 0 Å². The summed E-state index contributed by atoms with van der Waals surface area (Å²) in [4.78, 5) is 23.0. The Morgan fingerprint density at radius 1 is 1.30 bits per heavy atom. The monoisotopic (exact) mass is 380 g/mol. The number of aliphatic hydroxyl groups excluding tert-OH is 1. The molecule has 3 fully saturated rings. The number of epoxide rings is 1. The molecule has 150 valence electrons. The lowest BCUT2D eigenvalue weighted by molar-refractivity contribution is -0.193. The fourth-order valence-corrected chi connectivity index (χ4v) is 5.84. The van der Waals surface area contributed by atoms with Gasteiger partial charge in [-0.1, -0.05) is 6.92 Å². The van der Waals surface area contributed by atoms with Crippen LogP contribution in [0.4, 0.5) is 0 Å². The van der Waals surface area contributed by atoms with Crippen LogP contribution in [0.1, 0.15) is 40.0 Å². The molecule has 0 radical (unpaired) electrons. The van der Waals surface area contributed by atoms with E-state index in [1.54, 1.807) is 6.26 Å². The Labute approximate surface area is 159 Å². The zero-order chi connectivity index (χ0) is 19.4. The molecule has 0 aromatic rings. The number of hydrogen-bond donors (Lipinski definition) is 1. The summed E-state index contributed by atoms with van der Waals surface area (Å²) in [5.41, 5.74) is 0.393. The number of ether oxygens (including phenoxy) is 4. The first kappa shape index (κ1) is 18.7. The van der Waals surface area contributed by atoms with Crippen LogP contribution in [0.15, 0.2) is 11.8 Å². The van der Waals surface area contributed by atoms with E-state index < -0.39 is 12.3 Å². The molecule has 2 saturated carbocycles. The number of rotatable bonds is 5. The SMILES string of the molecule is CC[C@]1(CO)[C@@H]2[C@H]3C(COC(C)=O)=CO[C@H](OC(C)=O)[C@H]3[C@@]3(CC[C@@H]21)CO3. The van der Waals surface area contributed by atoms with Gasteiger partial charge >= 0.3 is 11.9 Å². The summed E-state index contributed by atoms with van der Waals surface area (Å²) in [6.07, 6.45) is 3.59. The van der Waals surface area contributed by atoms with Gasteiger partial charge < -0.3 is 24.1 Å². The first-order chi connectivity index (χ1) is 12.9. The summed E-state index contributed by atoms with van der Waals surface area (Å²) in [5.74, 6) is -0.287. The number of aliphatic hydroxyl groups is 1. The van der Waals surface area contributed by atoms with Crippen molar-refractivity contribution in [3.05, 3.63) is 11.8 Å². The summed E-state index contributed by atoms with van der Waals surface area (Å²) in [6.45, 7) is 5.77. The first-order valence-corrected chi connectivity index (χ1v) is 9.78. The van der Waals surface area contributed by atoms with Crippen LogP contribution in [-0.2, 0) is 28.5 Å². The summed E-state index contributed by atoms with van der Waals surface area (Å²) < 4.78 is 22.5. The predicted octanol–water partition coefficient (Wildman–Crippen LogP) is 1.78. The number of carbonyl (C=O) groups is 2. The molecule has 0 unspecified atom stereocenters. The van der Waals surface area contributed by atoms with E-state index in [0.717, 1.165) is 24.8 Å². The molecule has 1 spiro atoms. The van der Waals surface area contributed by atoms with Gasteiger partial charge in [0.2, 0.25) is 6.29 Å². The van der Waals surface area contributed by atoms with Crippen LogP contribution in [0, 0.1) is 29.1 Å². The molecule has 0 amide bonds. The third-order valence-electron chi connectivity index (χ3n) is 7.25. The van der Waals surface area contributed by atoms with E-state index in [2.05, 4.69) is 6.92 Å². The predicted molar refractivity (Wildman–Crippen MR) is 93.0 cm³/mol. The first-order valence-electron chi connectivity index (χ1n) is 9.78. The quantitative estimate of drug-likeness (QED) is 0.574. The molecule has 0 aromatic heterocycles. The van der Waals surface area contributed by atoms with Gasteiger partial charge in [0.25, 0.3) is 0 Å². The fourth-order valence-electron chi connectivity index (χ4n) is 5.84. The maximum absolute atomic E-state index is 11.7. The van der Waals surface area contributed by atoms with Crippen molar-refractivity contribution in [1.82, 2.24) is 0 Å². The Hall–Kier alpha value is -1.60. The van der Waals surface area contributed by atoms with Crippen molar-refractivity contribution in [2.45, 2.75) is 51.9 Å². The second-order valence-electron chi connectivity index (χ2n) is 8.41. The summed E-state index contributed by atoms with van der Waals surface area (Å²) in [5, 5.41) is 10.2. The van der Waals surface area contributed by atoms with Crippen molar-refractivity contribution in [1.29, 1.82) is 0 Å². The van der Waals surface area contributed by atoms with Gasteiger partial charge in [-0.2, -0.15) is 0 Å². The Balaban J connectivity index is 1.72. The van der Waals surface area contributed by atoms with Gasteiger partial charge in [-0.15, -0.1) is 0 Å². The van der Waals surface area contributed by atoms with E-state index in [4.69, 9.17) is 18.9 Å². The fraction of sp³-hybridized carbons (Fsp3) is 0.800. The van der Waals surface area contributed by atoms with Crippen molar-refractivity contribution in [3.63, 3.8) is 0 Å². The highest BCUT2D eigenvalue weighted by atomic mass is 16.7. The average Bonchev–Trinajstić information content (AvgIpc) is 3.52. The van der Waals surface area contributed by atoms with Gasteiger partial charge in [-0.05, 0) is 31.1 Å². The molecule has 0 aromatic carbocycles. The lowest BCUT2D eigenvalue weighted by Gasteiger charge is -2.41. The molecule has 7 atom stereocenters. The topological polar surface area (TPSA) is 94.6 Å². The van der Waals surface area contributed by atoms with Crippen LogP contribution in [0.5, 0.6) is 0 Å². The third-order valence-corrected chi connectivity index (χ3v) is 7.25. The Morgan fingerprint density at radius 2 is 2.04 bits per heavy atom. The van der Waals surface area contributed by atoms with Crippen molar-refractivity contribution >= 4 is 11.9 Å². The third kappa shape index (κ3) is 2.86. The zero-order valence-corrected chi connectivity index (χ0v) is 16.1. The van der Waals surface area contributed by atoms with Crippen molar-refractivity contribution < 1.29 is 33.6 Å². The lowest BCUT2D eigenvalue weighted by Crippen LogP contribution is -2.47. The van der Waals surface area contributed by atoms with Crippen LogP contribution in [0.3, 0.4) is 0 Å². The van der Waals surface area contributed by atoms with E-state index >= 15 is 0 Å². The van der Waals surface area contributed by atoms with E-state index in [0.29, 0.717) is 12.5 Å². The maximum Gasteiger partial charge on any atom is 0.305 e. The Bertz CT molecular complexity index is 661. The molecule has 0 bridgehead atoms. The minimum Gasteiger partial charge on any atom is -0.462 e. The van der Waals surface area contributed by atoms with Crippen LogP contribution in [-0.4, -0.2) is 48.8 Å². The molecule has 2 heterocycles. The molecule has 4 rings (SSSR count). The van der Waals surface area contributed by atoms with Crippen molar-refractivity contribution in [2.24, 2.45) is 29.1 Å². The normalized spacial score (nSPS) is 44.1. The molecular formula is C20H28O7. The zero-order valence-electron chi connectivity index (χ0n) is 16.1.